The van der Waals surface area contributed by atoms with Gasteiger partial charge in [-0.25, -0.2) is 0 Å². The Morgan fingerprint density at radius 2 is 1.79 bits per heavy atom. The predicted octanol–water partition coefficient (Wildman–Crippen LogP) is 4.69. The third kappa shape index (κ3) is 3.07. The summed E-state index contributed by atoms with van der Waals surface area (Å²) in [5.74, 6) is 1.04. The molecule has 0 radical (unpaired) electrons. The summed E-state index contributed by atoms with van der Waals surface area (Å²) in [7, 11) is 0. The Morgan fingerprint density at radius 3 is 2.26 bits per heavy atom. The van der Waals surface area contributed by atoms with E-state index in [4.69, 9.17) is 0 Å². The normalized spacial score (nSPS) is 24.0. The van der Waals surface area contributed by atoms with Crippen LogP contribution >= 0.6 is 15.9 Å². The molecule has 2 unspecified atom stereocenters. The molecule has 1 saturated heterocycles. The van der Waals surface area contributed by atoms with E-state index in [1.807, 2.05) is 4.90 Å². The van der Waals surface area contributed by atoms with Crippen LogP contribution in [0, 0.1) is 11.8 Å². The topological polar surface area (TPSA) is 3.24 Å². The van der Waals surface area contributed by atoms with E-state index >= 15 is 0 Å². The van der Waals surface area contributed by atoms with Crippen molar-refractivity contribution in [1.29, 1.82) is 0 Å². The summed E-state index contributed by atoms with van der Waals surface area (Å²) in [6, 6.07) is 4.64. The summed E-state index contributed by atoms with van der Waals surface area (Å²) in [5, 5.41) is 0.217. The minimum atomic E-state index is -4.30. The summed E-state index contributed by atoms with van der Waals surface area (Å²) >= 11 is 3.11. The first-order chi connectivity index (χ1) is 8.82. The Kier molecular flexibility index (Phi) is 4.14. The van der Waals surface area contributed by atoms with Gasteiger partial charge in [0.05, 0.1) is 5.56 Å². The van der Waals surface area contributed by atoms with Gasteiger partial charge in [-0.2, -0.15) is 13.2 Å². The van der Waals surface area contributed by atoms with Gasteiger partial charge in [0.15, 0.2) is 0 Å². The van der Waals surface area contributed by atoms with E-state index in [1.54, 1.807) is 12.1 Å². The van der Waals surface area contributed by atoms with Crippen LogP contribution in [0.2, 0.25) is 0 Å². The zero-order valence-corrected chi connectivity index (χ0v) is 12.6. The third-order valence-corrected chi connectivity index (χ3v) is 4.50. The van der Waals surface area contributed by atoms with Gasteiger partial charge in [-0.3, -0.25) is 0 Å². The number of alkyl halides is 4. The Bertz CT molecular complexity index is 448. The van der Waals surface area contributed by atoms with Gasteiger partial charge < -0.3 is 4.90 Å². The quantitative estimate of drug-likeness (QED) is 0.708. The van der Waals surface area contributed by atoms with Gasteiger partial charge in [0.1, 0.15) is 0 Å². The van der Waals surface area contributed by atoms with Gasteiger partial charge in [-0.05, 0) is 29.5 Å². The molecule has 0 bridgehead atoms. The summed E-state index contributed by atoms with van der Waals surface area (Å²) in [5.41, 5.74) is 0.429. The second kappa shape index (κ2) is 5.35. The van der Waals surface area contributed by atoms with E-state index in [1.165, 1.54) is 6.07 Å². The molecule has 19 heavy (non-hydrogen) atoms. The predicted molar refractivity (Wildman–Crippen MR) is 74.6 cm³/mol. The number of halogens is 4. The summed E-state index contributed by atoms with van der Waals surface area (Å²) in [6.07, 6.45) is -4.30. The van der Waals surface area contributed by atoms with E-state index in [9.17, 15) is 13.2 Å². The van der Waals surface area contributed by atoms with Crippen molar-refractivity contribution in [1.82, 2.24) is 0 Å². The first kappa shape index (κ1) is 14.7. The highest BCUT2D eigenvalue weighted by molar-refractivity contribution is 9.08. The lowest BCUT2D eigenvalue weighted by molar-refractivity contribution is -0.138. The van der Waals surface area contributed by atoms with Gasteiger partial charge in [0, 0.05) is 24.1 Å². The van der Waals surface area contributed by atoms with Crippen LogP contribution in [0.25, 0.3) is 0 Å². The Balaban J connectivity index is 2.34. The van der Waals surface area contributed by atoms with E-state index in [2.05, 4.69) is 29.8 Å². The van der Waals surface area contributed by atoms with Crippen LogP contribution in [-0.4, -0.2) is 13.1 Å². The van der Waals surface area contributed by atoms with Crippen molar-refractivity contribution >= 4 is 21.6 Å². The van der Waals surface area contributed by atoms with Gasteiger partial charge >= 0.3 is 6.18 Å². The van der Waals surface area contributed by atoms with E-state index in [0.29, 0.717) is 17.5 Å². The molecule has 2 atom stereocenters. The van der Waals surface area contributed by atoms with Gasteiger partial charge in [-0.15, -0.1) is 0 Å². The van der Waals surface area contributed by atoms with Crippen molar-refractivity contribution in [3.63, 3.8) is 0 Å². The van der Waals surface area contributed by atoms with Crippen LogP contribution in [0.15, 0.2) is 18.2 Å². The molecule has 1 aromatic rings. The monoisotopic (exact) mass is 335 g/mol. The molecule has 0 spiro atoms. The van der Waals surface area contributed by atoms with Gasteiger partial charge in [0.2, 0.25) is 0 Å². The van der Waals surface area contributed by atoms with Crippen molar-refractivity contribution in [2.45, 2.75) is 25.4 Å². The molecule has 1 heterocycles. The summed E-state index contributed by atoms with van der Waals surface area (Å²) in [4.78, 5) is 2.04. The standard InChI is InChI=1S/C14H17BrF3N/c1-9-7-19(8-10(9)2)12-4-3-11(6-15)13(5-12)14(16,17)18/h3-5,9-10H,6-8H2,1-2H3. The molecule has 106 valence electrons. The number of nitrogens with zero attached hydrogens (tertiary/aromatic N) is 1. The van der Waals surface area contributed by atoms with E-state index in [0.717, 1.165) is 13.1 Å². The molecular weight excluding hydrogens is 319 g/mol. The Labute approximate surface area is 119 Å². The van der Waals surface area contributed by atoms with Crippen LogP contribution in [0.1, 0.15) is 25.0 Å². The molecule has 1 aromatic carbocycles. The van der Waals surface area contributed by atoms with Crippen molar-refractivity contribution in [2.24, 2.45) is 11.8 Å². The fraction of sp³-hybridized carbons (Fsp3) is 0.571. The van der Waals surface area contributed by atoms with Crippen molar-refractivity contribution in [3.8, 4) is 0 Å². The van der Waals surface area contributed by atoms with E-state index in [-0.39, 0.29) is 10.9 Å². The maximum absolute atomic E-state index is 13.0. The molecule has 0 aromatic heterocycles. The first-order valence-corrected chi connectivity index (χ1v) is 7.46. The fourth-order valence-corrected chi connectivity index (χ4v) is 2.97. The van der Waals surface area contributed by atoms with E-state index < -0.39 is 11.7 Å². The number of rotatable bonds is 2. The molecule has 1 fully saturated rings. The van der Waals surface area contributed by atoms with Crippen LogP contribution < -0.4 is 4.90 Å². The summed E-state index contributed by atoms with van der Waals surface area (Å²) < 4.78 is 39.0. The largest absolute Gasteiger partial charge is 0.416 e. The SMILES string of the molecule is CC1CN(c2ccc(CBr)c(C(F)(F)F)c2)CC1C. The number of anilines is 1. The van der Waals surface area contributed by atoms with Gasteiger partial charge in [0.25, 0.3) is 0 Å². The lowest BCUT2D eigenvalue weighted by atomic mass is 10.0. The lowest BCUT2D eigenvalue weighted by Gasteiger charge is -2.21. The molecule has 0 amide bonds. The summed E-state index contributed by atoms with van der Waals surface area (Å²) in [6.45, 7) is 5.93. The maximum atomic E-state index is 13.0. The molecule has 0 N–H and O–H groups in total. The van der Waals surface area contributed by atoms with Crippen molar-refractivity contribution in [3.05, 3.63) is 29.3 Å². The van der Waals surface area contributed by atoms with Crippen LogP contribution in [0.4, 0.5) is 18.9 Å². The van der Waals surface area contributed by atoms with Gasteiger partial charge in [-0.1, -0.05) is 35.8 Å². The highest BCUT2D eigenvalue weighted by Gasteiger charge is 2.34. The Hall–Kier alpha value is -0.710. The number of hydrogen-bond donors (Lipinski definition) is 0. The smallest absolute Gasteiger partial charge is 0.371 e. The Morgan fingerprint density at radius 1 is 1.21 bits per heavy atom. The first-order valence-electron chi connectivity index (χ1n) is 6.34. The average Bonchev–Trinajstić information content (AvgIpc) is 2.68. The highest BCUT2D eigenvalue weighted by Crippen LogP contribution is 2.37. The zero-order valence-electron chi connectivity index (χ0n) is 11.0. The highest BCUT2D eigenvalue weighted by atomic mass is 79.9. The van der Waals surface area contributed by atoms with Crippen LogP contribution in [0.5, 0.6) is 0 Å². The minimum absolute atomic E-state index is 0.217. The molecule has 5 heteroatoms. The zero-order chi connectivity index (χ0) is 14.2. The molecule has 0 saturated carbocycles. The number of hydrogen-bond acceptors (Lipinski definition) is 1. The lowest BCUT2D eigenvalue weighted by Crippen LogP contribution is -2.20. The van der Waals surface area contributed by atoms with Crippen LogP contribution in [0.3, 0.4) is 0 Å². The molecule has 1 aliphatic heterocycles. The van der Waals surface area contributed by atoms with Crippen molar-refractivity contribution in [2.75, 3.05) is 18.0 Å². The second-order valence-electron chi connectivity index (χ2n) is 5.33. The molecule has 1 aliphatic rings. The van der Waals surface area contributed by atoms with Crippen LogP contribution in [-0.2, 0) is 11.5 Å². The third-order valence-electron chi connectivity index (χ3n) is 3.90. The molecular formula is C14H17BrF3N. The van der Waals surface area contributed by atoms with Crippen molar-refractivity contribution < 1.29 is 13.2 Å². The second-order valence-corrected chi connectivity index (χ2v) is 5.89. The minimum Gasteiger partial charge on any atom is -0.371 e. The fourth-order valence-electron chi connectivity index (χ4n) is 2.48. The molecule has 0 aliphatic carbocycles. The molecule has 2 rings (SSSR count). The number of benzene rings is 1. The average molecular weight is 336 g/mol. The maximum Gasteiger partial charge on any atom is 0.416 e. The molecule has 1 nitrogen and oxygen atoms in total.